The van der Waals surface area contributed by atoms with Crippen molar-refractivity contribution < 1.29 is 14.3 Å². The molecular formula is C18H25FO2. The van der Waals surface area contributed by atoms with Gasteiger partial charge in [0.2, 0.25) is 0 Å². The molecule has 3 fully saturated rings. The number of carbonyl (C=O) groups is 1. The van der Waals surface area contributed by atoms with Crippen LogP contribution in [0.2, 0.25) is 0 Å². The summed E-state index contributed by atoms with van der Waals surface area (Å²) in [5.41, 5.74) is 1.31. The molecule has 3 saturated carbocycles. The van der Waals surface area contributed by atoms with Gasteiger partial charge in [-0.15, -0.1) is 0 Å². The topological polar surface area (TPSA) is 37.3 Å². The first-order chi connectivity index (χ1) is 10.0. The minimum atomic E-state index is -1.28. The fourth-order valence-corrected chi connectivity index (χ4v) is 6.12. The van der Waals surface area contributed by atoms with Crippen molar-refractivity contribution in [3.05, 3.63) is 11.6 Å². The van der Waals surface area contributed by atoms with Crippen molar-refractivity contribution in [2.45, 2.75) is 64.1 Å². The molecule has 4 aliphatic carbocycles. The van der Waals surface area contributed by atoms with Crippen LogP contribution in [0.25, 0.3) is 0 Å². The zero-order chi connectivity index (χ0) is 14.8. The summed E-state index contributed by atoms with van der Waals surface area (Å²) >= 11 is 0. The summed E-state index contributed by atoms with van der Waals surface area (Å²) in [5, 5.41) is 10.4. The number of fused-ring (bicyclic) bond motifs is 5. The van der Waals surface area contributed by atoms with Gasteiger partial charge in [0.05, 0.1) is 6.10 Å². The van der Waals surface area contributed by atoms with E-state index >= 15 is 0 Å². The summed E-state index contributed by atoms with van der Waals surface area (Å²) in [7, 11) is 0. The number of aliphatic hydroxyl groups excluding tert-OH is 1. The number of halogens is 1. The highest BCUT2D eigenvalue weighted by Crippen LogP contribution is 2.61. The van der Waals surface area contributed by atoms with Crippen LogP contribution in [0, 0.1) is 29.1 Å². The van der Waals surface area contributed by atoms with Gasteiger partial charge in [-0.3, -0.25) is 4.79 Å². The zero-order valence-electron chi connectivity index (χ0n) is 12.7. The molecule has 0 aromatic carbocycles. The Morgan fingerprint density at radius 2 is 2.05 bits per heavy atom. The SMILES string of the molecule is CC12CCC3C4CC(F)C(=O)C=C4CCC3C1CCC2O. The van der Waals surface area contributed by atoms with Crippen LogP contribution >= 0.6 is 0 Å². The summed E-state index contributed by atoms with van der Waals surface area (Å²) in [5.74, 6) is 1.75. The molecule has 0 bridgehead atoms. The third-order valence-electron chi connectivity index (χ3n) is 7.30. The van der Waals surface area contributed by atoms with Crippen molar-refractivity contribution in [3.63, 3.8) is 0 Å². The Hall–Kier alpha value is -0.700. The van der Waals surface area contributed by atoms with Gasteiger partial charge < -0.3 is 5.11 Å². The van der Waals surface area contributed by atoms with Gasteiger partial charge in [0.1, 0.15) is 0 Å². The molecule has 1 N–H and O–H groups in total. The summed E-state index contributed by atoms with van der Waals surface area (Å²) < 4.78 is 13.9. The molecule has 3 heteroatoms. The predicted molar refractivity (Wildman–Crippen MR) is 78.4 cm³/mol. The molecule has 0 spiro atoms. The molecule has 4 rings (SSSR count). The second-order valence-corrected chi connectivity index (χ2v) is 8.04. The normalized spacial score (nSPS) is 52.7. The highest BCUT2D eigenvalue weighted by molar-refractivity contribution is 5.95. The number of ketones is 1. The molecule has 0 saturated heterocycles. The van der Waals surface area contributed by atoms with Crippen LogP contribution in [0.1, 0.15) is 51.9 Å². The first kappa shape index (κ1) is 13.9. The molecule has 0 aromatic rings. The largest absolute Gasteiger partial charge is 0.393 e. The van der Waals surface area contributed by atoms with E-state index in [4.69, 9.17) is 0 Å². The van der Waals surface area contributed by atoms with Crippen LogP contribution in [0.15, 0.2) is 11.6 Å². The Balaban J connectivity index is 1.63. The van der Waals surface area contributed by atoms with Crippen molar-refractivity contribution in [3.8, 4) is 0 Å². The van der Waals surface area contributed by atoms with E-state index < -0.39 is 6.17 Å². The Morgan fingerprint density at radius 3 is 2.86 bits per heavy atom. The van der Waals surface area contributed by atoms with Crippen LogP contribution < -0.4 is 0 Å². The van der Waals surface area contributed by atoms with E-state index in [9.17, 15) is 14.3 Å². The second-order valence-electron chi connectivity index (χ2n) is 8.04. The van der Waals surface area contributed by atoms with Gasteiger partial charge in [-0.2, -0.15) is 0 Å². The maximum atomic E-state index is 13.9. The zero-order valence-corrected chi connectivity index (χ0v) is 12.7. The third kappa shape index (κ3) is 1.89. The van der Waals surface area contributed by atoms with Gasteiger partial charge in [0, 0.05) is 0 Å². The summed E-state index contributed by atoms with van der Waals surface area (Å²) in [6.45, 7) is 2.26. The maximum Gasteiger partial charge on any atom is 0.189 e. The number of aliphatic hydroxyl groups is 1. The lowest BCUT2D eigenvalue weighted by Gasteiger charge is -2.53. The van der Waals surface area contributed by atoms with Crippen molar-refractivity contribution >= 4 is 5.78 Å². The molecule has 4 aliphatic rings. The van der Waals surface area contributed by atoms with Gasteiger partial charge in [-0.1, -0.05) is 12.5 Å². The van der Waals surface area contributed by atoms with E-state index in [1.807, 2.05) is 0 Å². The van der Waals surface area contributed by atoms with E-state index in [-0.39, 0.29) is 17.3 Å². The average molecular weight is 292 g/mol. The third-order valence-corrected chi connectivity index (χ3v) is 7.30. The second kappa shape index (κ2) is 4.65. The highest BCUT2D eigenvalue weighted by atomic mass is 19.1. The van der Waals surface area contributed by atoms with E-state index in [0.717, 1.165) is 38.5 Å². The van der Waals surface area contributed by atoms with E-state index in [1.54, 1.807) is 6.08 Å². The number of carbonyl (C=O) groups excluding carboxylic acids is 1. The molecule has 7 unspecified atom stereocenters. The number of alkyl halides is 1. The van der Waals surface area contributed by atoms with Gasteiger partial charge in [0.25, 0.3) is 0 Å². The van der Waals surface area contributed by atoms with Crippen molar-refractivity contribution in [1.82, 2.24) is 0 Å². The summed E-state index contributed by atoms with van der Waals surface area (Å²) in [6.07, 6.45) is 6.92. The van der Waals surface area contributed by atoms with Gasteiger partial charge in [-0.05, 0) is 80.1 Å². The minimum Gasteiger partial charge on any atom is -0.393 e. The van der Waals surface area contributed by atoms with E-state index in [1.165, 1.54) is 5.57 Å². The molecule has 0 aromatic heterocycles. The van der Waals surface area contributed by atoms with Crippen LogP contribution in [0.3, 0.4) is 0 Å². The first-order valence-corrected chi connectivity index (χ1v) is 8.57. The number of hydrogen-bond acceptors (Lipinski definition) is 2. The lowest BCUT2D eigenvalue weighted by molar-refractivity contribution is -0.121. The van der Waals surface area contributed by atoms with E-state index in [2.05, 4.69) is 6.92 Å². The fraction of sp³-hybridized carbons (Fsp3) is 0.833. The van der Waals surface area contributed by atoms with Crippen molar-refractivity contribution in [1.29, 1.82) is 0 Å². The fourth-order valence-electron chi connectivity index (χ4n) is 6.12. The number of allylic oxidation sites excluding steroid dienone is 1. The molecule has 0 heterocycles. The summed E-state index contributed by atoms with van der Waals surface area (Å²) in [4.78, 5) is 11.6. The number of hydrogen-bond donors (Lipinski definition) is 1. The molecule has 0 aliphatic heterocycles. The molecule has 2 nitrogen and oxygen atoms in total. The molecule has 7 atom stereocenters. The Labute approximate surface area is 125 Å². The van der Waals surface area contributed by atoms with Crippen LogP contribution in [0.5, 0.6) is 0 Å². The monoisotopic (exact) mass is 292 g/mol. The minimum absolute atomic E-state index is 0.0853. The molecular weight excluding hydrogens is 267 g/mol. The smallest absolute Gasteiger partial charge is 0.189 e. The predicted octanol–water partition coefficient (Wildman–Crippen LogP) is 3.44. The van der Waals surface area contributed by atoms with Crippen molar-refractivity contribution in [2.24, 2.45) is 29.1 Å². The first-order valence-electron chi connectivity index (χ1n) is 8.57. The average Bonchev–Trinajstić information content (AvgIpc) is 2.76. The van der Waals surface area contributed by atoms with Gasteiger partial charge >= 0.3 is 0 Å². The quantitative estimate of drug-likeness (QED) is 0.742. The summed E-state index contributed by atoms with van der Waals surface area (Å²) in [6, 6.07) is 0. The highest BCUT2D eigenvalue weighted by Gasteiger charge is 2.56. The Bertz CT molecular complexity index is 499. The molecule has 0 amide bonds. The Kier molecular flexibility index (Phi) is 3.08. The van der Waals surface area contributed by atoms with Crippen LogP contribution in [0.4, 0.5) is 4.39 Å². The number of rotatable bonds is 0. The van der Waals surface area contributed by atoms with Crippen molar-refractivity contribution in [2.75, 3.05) is 0 Å². The van der Waals surface area contributed by atoms with Crippen LogP contribution in [-0.4, -0.2) is 23.2 Å². The van der Waals surface area contributed by atoms with E-state index in [0.29, 0.717) is 30.1 Å². The molecule has 0 radical (unpaired) electrons. The lowest BCUT2D eigenvalue weighted by Crippen LogP contribution is -2.48. The lowest BCUT2D eigenvalue weighted by atomic mass is 9.52. The van der Waals surface area contributed by atoms with Crippen LogP contribution in [-0.2, 0) is 4.79 Å². The standard InChI is InChI=1S/C18H25FO2/c1-18-7-6-11-12(14(18)4-5-17(18)21)3-2-10-8-16(20)15(19)9-13(10)11/h8,11-15,17,21H,2-7,9H2,1H3. The molecule has 116 valence electrons. The van der Waals surface area contributed by atoms with Gasteiger partial charge in [0.15, 0.2) is 12.0 Å². The Morgan fingerprint density at radius 1 is 1.24 bits per heavy atom. The van der Waals surface area contributed by atoms with Gasteiger partial charge in [-0.25, -0.2) is 4.39 Å². The molecule has 21 heavy (non-hydrogen) atoms. The maximum absolute atomic E-state index is 13.9.